The SMILES string of the molecule is CCN(/C=C(\Br)C(C)=O)CC. The standard InChI is InChI=1S/C8H14BrNO/c1-4-10(5-2)6-8(9)7(3)11/h6H,4-5H2,1-3H3/b8-6-. The second-order valence-corrected chi connectivity index (χ2v) is 3.11. The van der Waals surface area contributed by atoms with Crippen LogP contribution in [-0.4, -0.2) is 23.8 Å². The van der Waals surface area contributed by atoms with Crippen LogP contribution in [0.1, 0.15) is 20.8 Å². The Morgan fingerprint density at radius 1 is 1.45 bits per heavy atom. The Bertz CT molecular complexity index is 161. The molecule has 0 spiro atoms. The zero-order valence-corrected chi connectivity index (χ0v) is 8.81. The normalized spacial score (nSPS) is 11.5. The average Bonchev–Trinajstić information content (AvgIpc) is 1.99. The summed E-state index contributed by atoms with van der Waals surface area (Å²) in [5, 5.41) is 0. The number of nitrogens with zero attached hydrogens (tertiary/aromatic N) is 1. The van der Waals surface area contributed by atoms with Gasteiger partial charge in [0.05, 0.1) is 4.48 Å². The van der Waals surface area contributed by atoms with Gasteiger partial charge in [0.25, 0.3) is 0 Å². The number of hydrogen-bond donors (Lipinski definition) is 0. The first-order valence-electron chi connectivity index (χ1n) is 3.74. The van der Waals surface area contributed by atoms with Crippen LogP contribution in [0.4, 0.5) is 0 Å². The minimum absolute atomic E-state index is 0.0666. The highest BCUT2D eigenvalue weighted by molar-refractivity contribution is 9.12. The molecule has 0 aromatic rings. The monoisotopic (exact) mass is 219 g/mol. The first-order chi connectivity index (χ1) is 5.11. The van der Waals surface area contributed by atoms with Gasteiger partial charge >= 0.3 is 0 Å². The van der Waals surface area contributed by atoms with Crippen molar-refractivity contribution in [2.24, 2.45) is 0 Å². The van der Waals surface area contributed by atoms with Gasteiger partial charge < -0.3 is 4.90 Å². The fourth-order valence-electron chi connectivity index (χ4n) is 0.657. The number of hydrogen-bond acceptors (Lipinski definition) is 2. The molecule has 0 rings (SSSR count). The Balaban J connectivity index is 4.14. The van der Waals surface area contributed by atoms with Gasteiger partial charge in [0.1, 0.15) is 0 Å². The molecule has 0 fully saturated rings. The van der Waals surface area contributed by atoms with Crippen LogP contribution >= 0.6 is 15.9 Å². The van der Waals surface area contributed by atoms with Crippen LogP contribution in [0.5, 0.6) is 0 Å². The van der Waals surface area contributed by atoms with Gasteiger partial charge in [0.15, 0.2) is 5.78 Å². The summed E-state index contributed by atoms with van der Waals surface area (Å²) in [6.45, 7) is 7.52. The molecule has 2 nitrogen and oxygen atoms in total. The Hall–Kier alpha value is -0.310. The summed E-state index contributed by atoms with van der Waals surface area (Å²) in [7, 11) is 0. The molecule has 3 heteroatoms. The van der Waals surface area contributed by atoms with Crippen LogP contribution < -0.4 is 0 Å². The van der Waals surface area contributed by atoms with Gasteiger partial charge in [-0.2, -0.15) is 0 Å². The van der Waals surface area contributed by atoms with E-state index in [4.69, 9.17) is 0 Å². The van der Waals surface area contributed by atoms with Gasteiger partial charge in [-0.15, -0.1) is 0 Å². The number of carbonyl (C=O) groups excluding carboxylic acids is 1. The zero-order chi connectivity index (χ0) is 8.85. The summed E-state index contributed by atoms with van der Waals surface area (Å²) >= 11 is 3.19. The Labute approximate surface area is 76.4 Å². The molecular weight excluding hydrogens is 206 g/mol. The van der Waals surface area contributed by atoms with Crippen LogP contribution in [0.25, 0.3) is 0 Å². The number of rotatable bonds is 4. The molecule has 0 aliphatic heterocycles. The number of ketones is 1. The summed E-state index contributed by atoms with van der Waals surface area (Å²) in [5.41, 5.74) is 0. The van der Waals surface area contributed by atoms with E-state index >= 15 is 0 Å². The molecule has 0 bridgehead atoms. The molecule has 0 saturated carbocycles. The lowest BCUT2D eigenvalue weighted by molar-refractivity contribution is -0.112. The van der Waals surface area contributed by atoms with Crippen molar-refractivity contribution < 1.29 is 4.79 Å². The molecule has 0 aromatic heterocycles. The molecule has 0 atom stereocenters. The molecule has 0 N–H and O–H groups in total. The number of Topliss-reactive ketones (excluding diaryl/α,β-unsaturated/α-hetero) is 1. The van der Waals surface area contributed by atoms with Crippen LogP contribution in [0.3, 0.4) is 0 Å². The fraction of sp³-hybridized carbons (Fsp3) is 0.625. The average molecular weight is 220 g/mol. The lowest BCUT2D eigenvalue weighted by Gasteiger charge is -2.15. The highest BCUT2D eigenvalue weighted by Gasteiger charge is 1.99. The number of allylic oxidation sites excluding steroid dienone is 1. The van der Waals surface area contributed by atoms with Gasteiger partial charge in [-0.1, -0.05) is 0 Å². The highest BCUT2D eigenvalue weighted by atomic mass is 79.9. The molecule has 11 heavy (non-hydrogen) atoms. The minimum Gasteiger partial charge on any atom is -0.377 e. The van der Waals surface area contributed by atoms with Gasteiger partial charge in [0.2, 0.25) is 0 Å². The van der Waals surface area contributed by atoms with E-state index in [0.717, 1.165) is 13.1 Å². The molecule has 0 radical (unpaired) electrons. The van der Waals surface area contributed by atoms with Gasteiger partial charge in [-0.05, 0) is 36.7 Å². The van der Waals surface area contributed by atoms with Crippen molar-refractivity contribution in [2.45, 2.75) is 20.8 Å². The summed E-state index contributed by atoms with van der Waals surface area (Å²) in [5.74, 6) is 0.0666. The molecule has 0 heterocycles. The summed E-state index contributed by atoms with van der Waals surface area (Å²) in [4.78, 5) is 12.8. The van der Waals surface area contributed by atoms with E-state index in [0.29, 0.717) is 4.48 Å². The minimum atomic E-state index is 0.0666. The van der Waals surface area contributed by atoms with E-state index in [2.05, 4.69) is 34.7 Å². The molecule has 0 amide bonds. The van der Waals surface area contributed by atoms with Crippen molar-refractivity contribution in [3.63, 3.8) is 0 Å². The second-order valence-electron chi connectivity index (χ2n) is 2.25. The second kappa shape index (κ2) is 5.35. The third-order valence-electron chi connectivity index (χ3n) is 1.44. The van der Waals surface area contributed by atoms with E-state index in [9.17, 15) is 4.79 Å². The predicted molar refractivity (Wildman–Crippen MR) is 50.6 cm³/mol. The van der Waals surface area contributed by atoms with E-state index < -0.39 is 0 Å². The van der Waals surface area contributed by atoms with E-state index in [1.165, 1.54) is 0 Å². The summed E-state index contributed by atoms with van der Waals surface area (Å²) in [6.07, 6.45) is 1.84. The quantitative estimate of drug-likeness (QED) is 0.676. The smallest absolute Gasteiger partial charge is 0.168 e. The van der Waals surface area contributed by atoms with Crippen LogP contribution in [-0.2, 0) is 4.79 Å². The molecule has 64 valence electrons. The molecular formula is C8H14BrNO. The maximum Gasteiger partial charge on any atom is 0.168 e. The van der Waals surface area contributed by atoms with Crippen molar-refractivity contribution in [3.05, 3.63) is 10.7 Å². The van der Waals surface area contributed by atoms with Gasteiger partial charge in [-0.25, -0.2) is 0 Å². The molecule has 0 aliphatic rings. The molecule has 0 aliphatic carbocycles. The predicted octanol–water partition coefficient (Wildman–Crippen LogP) is 2.15. The van der Waals surface area contributed by atoms with E-state index in [1.807, 2.05) is 6.20 Å². The zero-order valence-electron chi connectivity index (χ0n) is 7.22. The lowest BCUT2D eigenvalue weighted by atomic mass is 10.4. The lowest BCUT2D eigenvalue weighted by Crippen LogP contribution is -2.16. The summed E-state index contributed by atoms with van der Waals surface area (Å²) in [6, 6.07) is 0. The molecule has 0 saturated heterocycles. The highest BCUT2D eigenvalue weighted by Crippen LogP contribution is 2.07. The van der Waals surface area contributed by atoms with E-state index in [1.54, 1.807) is 6.92 Å². The largest absolute Gasteiger partial charge is 0.377 e. The first kappa shape index (κ1) is 10.7. The number of halogens is 1. The van der Waals surface area contributed by atoms with Crippen molar-refractivity contribution >= 4 is 21.7 Å². The fourth-order valence-corrected chi connectivity index (χ4v) is 0.947. The summed E-state index contributed by atoms with van der Waals surface area (Å²) < 4.78 is 0.640. The van der Waals surface area contributed by atoms with Crippen molar-refractivity contribution in [1.29, 1.82) is 0 Å². The third kappa shape index (κ3) is 4.19. The number of carbonyl (C=O) groups is 1. The van der Waals surface area contributed by atoms with Crippen LogP contribution in [0.2, 0.25) is 0 Å². The van der Waals surface area contributed by atoms with Crippen LogP contribution in [0, 0.1) is 0 Å². The Kier molecular flexibility index (Phi) is 5.20. The van der Waals surface area contributed by atoms with Gasteiger partial charge in [0, 0.05) is 19.3 Å². The Morgan fingerprint density at radius 2 is 1.91 bits per heavy atom. The molecule has 0 aromatic carbocycles. The van der Waals surface area contributed by atoms with Crippen molar-refractivity contribution in [2.75, 3.05) is 13.1 Å². The topological polar surface area (TPSA) is 20.3 Å². The maximum absolute atomic E-state index is 10.8. The third-order valence-corrected chi connectivity index (χ3v) is 2.21. The van der Waals surface area contributed by atoms with Crippen molar-refractivity contribution in [3.8, 4) is 0 Å². The maximum atomic E-state index is 10.8. The first-order valence-corrected chi connectivity index (χ1v) is 4.53. The Morgan fingerprint density at radius 3 is 2.18 bits per heavy atom. The van der Waals surface area contributed by atoms with E-state index in [-0.39, 0.29) is 5.78 Å². The van der Waals surface area contributed by atoms with Gasteiger partial charge in [-0.3, -0.25) is 4.79 Å². The van der Waals surface area contributed by atoms with Crippen molar-refractivity contribution in [1.82, 2.24) is 4.90 Å². The molecule has 0 unspecified atom stereocenters. The van der Waals surface area contributed by atoms with Crippen LogP contribution in [0.15, 0.2) is 10.7 Å².